The fraction of sp³-hybridized carbons (Fsp3) is 1.00. The second-order valence-electron chi connectivity index (χ2n) is 10.8. The SMILES string of the molecule is C[N+](C)(C)C[Si](C)(C)CCCCC[Si](C)(C)C[N+](C)(C)C. The van der Waals surface area contributed by atoms with Crippen molar-refractivity contribution >= 4 is 16.1 Å². The first kappa shape index (κ1) is 21.4. The molecule has 0 N–H and O–H groups in total. The number of unbranched alkanes of at least 4 members (excludes halogenated alkanes) is 2. The number of nitrogens with zero attached hydrogens (tertiary/aromatic N) is 2. The highest BCUT2D eigenvalue weighted by Gasteiger charge is 2.29. The molecule has 0 saturated carbocycles. The number of hydrogen-bond donors (Lipinski definition) is 0. The van der Waals surface area contributed by atoms with Gasteiger partial charge in [0, 0.05) is 0 Å². The van der Waals surface area contributed by atoms with Gasteiger partial charge in [-0.1, -0.05) is 57.5 Å². The molecule has 0 fully saturated rings. The molecule has 0 saturated heterocycles. The molecule has 0 amide bonds. The van der Waals surface area contributed by atoms with Crippen LogP contribution in [-0.2, 0) is 0 Å². The fourth-order valence-electron chi connectivity index (χ4n) is 4.11. The van der Waals surface area contributed by atoms with E-state index in [1.165, 1.54) is 43.7 Å². The van der Waals surface area contributed by atoms with Crippen LogP contribution in [0.2, 0.25) is 38.3 Å². The van der Waals surface area contributed by atoms with Crippen LogP contribution in [-0.4, -0.2) is 79.7 Å². The Morgan fingerprint density at radius 2 is 0.810 bits per heavy atom. The third kappa shape index (κ3) is 13.7. The van der Waals surface area contributed by atoms with Crippen LogP contribution in [0.3, 0.4) is 0 Å². The van der Waals surface area contributed by atoms with E-state index in [1.807, 2.05) is 0 Å². The molecule has 0 unspecified atom stereocenters. The quantitative estimate of drug-likeness (QED) is 0.321. The minimum absolute atomic E-state index is 0.992. The summed E-state index contributed by atoms with van der Waals surface area (Å²) in [5, 5.41) is 0. The number of hydrogen-bond acceptors (Lipinski definition) is 0. The first-order valence-corrected chi connectivity index (χ1v) is 15.6. The van der Waals surface area contributed by atoms with Gasteiger partial charge in [0.15, 0.2) is 0 Å². The lowest BCUT2D eigenvalue weighted by Gasteiger charge is -2.33. The first-order chi connectivity index (χ1) is 9.12. The molecule has 0 heterocycles. The fourth-order valence-corrected chi connectivity index (χ4v) is 12.0. The van der Waals surface area contributed by atoms with E-state index in [2.05, 4.69) is 68.5 Å². The lowest BCUT2D eigenvalue weighted by atomic mass is 10.3. The molecule has 0 bridgehead atoms. The highest BCUT2D eigenvalue weighted by molar-refractivity contribution is 6.77. The van der Waals surface area contributed by atoms with Gasteiger partial charge in [-0.25, -0.2) is 0 Å². The maximum atomic E-state index is 2.58. The van der Waals surface area contributed by atoms with Crippen molar-refractivity contribution in [2.24, 2.45) is 0 Å². The molecule has 2 nitrogen and oxygen atoms in total. The van der Waals surface area contributed by atoms with Crippen molar-refractivity contribution in [3.63, 3.8) is 0 Å². The molecule has 0 aromatic rings. The molecule has 0 atom stereocenters. The predicted octanol–water partition coefficient (Wildman–Crippen LogP) is 4.06. The van der Waals surface area contributed by atoms with E-state index in [4.69, 9.17) is 0 Å². The zero-order valence-corrected chi connectivity index (χ0v) is 18.8. The zero-order valence-electron chi connectivity index (χ0n) is 16.8. The highest BCUT2D eigenvalue weighted by Crippen LogP contribution is 2.21. The van der Waals surface area contributed by atoms with Crippen LogP contribution in [0.4, 0.5) is 0 Å². The average molecular weight is 333 g/mol. The summed E-state index contributed by atoms with van der Waals surface area (Å²) in [5.74, 6) is 0. The van der Waals surface area contributed by atoms with Crippen LogP contribution >= 0.6 is 0 Å². The smallest absolute Gasteiger partial charge is 0.113 e. The average Bonchev–Trinajstić information content (AvgIpc) is 2.07. The Balaban J connectivity index is 3.96. The Labute approximate surface area is 137 Å². The van der Waals surface area contributed by atoms with Gasteiger partial charge < -0.3 is 8.97 Å². The van der Waals surface area contributed by atoms with Gasteiger partial charge >= 0.3 is 0 Å². The van der Waals surface area contributed by atoms with Crippen molar-refractivity contribution in [2.75, 3.05) is 54.6 Å². The molecular formula is C17H44N2Si2+2. The third-order valence-electron chi connectivity index (χ3n) is 4.01. The maximum Gasteiger partial charge on any atom is 0.113 e. The molecule has 0 aliphatic rings. The molecule has 0 aliphatic carbocycles. The van der Waals surface area contributed by atoms with E-state index < -0.39 is 16.1 Å². The normalized spacial score (nSPS) is 14.6. The van der Waals surface area contributed by atoms with Crippen LogP contribution in [0.25, 0.3) is 0 Å². The Kier molecular flexibility index (Phi) is 7.89. The molecule has 4 heteroatoms. The van der Waals surface area contributed by atoms with E-state index in [9.17, 15) is 0 Å². The Morgan fingerprint density at radius 3 is 1.05 bits per heavy atom. The molecule has 0 spiro atoms. The molecule has 0 aromatic carbocycles. The lowest BCUT2D eigenvalue weighted by Crippen LogP contribution is -2.49. The van der Waals surface area contributed by atoms with Crippen molar-refractivity contribution < 1.29 is 8.97 Å². The summed E-state index contributed by atoms with van der Waals surface area (Å²) in [4.78, 5) is 0. The summed E-state index contributed by atoms with van der Waals surface area (Å²) in [6.07, 6.45) is 7.22. The molecular weight excluding hydrogens is 288 g/mol. The summed E-state index contributed by atoms with van der Waals surface area (Å²) < 4.78 is 2.28. The Hall–Kier alpha value is 0.354. The lowest BCUT2D eigenvalue weighted by molar-refractivity contribution is -0.860. The maximum absolute atomic E-state index is 2.58. The largest absolute Gasteiger partial charge is 0.334 e. The summed E-state index contributed by atoms with van der Waals surface area (Å²) >= 11 is 0. The van der Waals surface area contributed by atoms with Crippen LogP contribution in [0.5, 0.6) is 0 Å². The third-order valence-corrected chi connectivity index (χ3v) is 11.0. The molecule has 0 aliphatic heterocycles. The standard InChI is InChI=1S/C17H44N2Si2/c1-18(2,3)16-20(7,8)14-12-11-13-15-21(9,10)17-19(4,5)6/h11-17H2,1-10H3/q+2. The predicted molar refractivity (Wildman–Crippen MR) is 104 cm³/mol. The van der Waals surface area contributed by atoms with E-state index in [0.717, 1.165) is 8.97 Å². The van der Waals surface area contributed by atoms with Crippen LogP contribution in [0.1, 0.15) is 19.3 Å². The van der Waals surface area contributed by atoms with Crippen molar-refractivity contribution in [2.45, 2.75) is 57.5 Å². The molecule has 0 rings (SSSR count). The minimum atomic E-state index is -0.992. The van der Waals surface area contributed by atoms with Gasteiger partial charge in [0.2, 0.25) is 0 Å². The van der Waals surface area contributed by atoms with Crippen LogP contribution < -0.4 is 0 Å². The monoisotopic (exact) mass is 332 g/mol. The molecule has 128 valence electrons. The molecule has 21 heavy (non-hydrogen) atoms. The van der Waals surface area contributed by atoms with E-state index in [0.29, 0.717) is 0 Å². The van der Waals surface area contributed by atoms with Gasteiger partial charge in [0.1, 0.15) is 16.1 Å². The van der Waals surface area contributed by atoms with Gasteiger partial charge in [-0.05, 0) is 0 Å². The second-order valence-corrected chi connectivity index (χ2v) is 21.1. The van der Waals surface area contributed by atoms with Crippen molar-refractivity contribution in [3.8, 4) is 0 Å². The van der Waals surface area contributed by atoms with Gasteiger partial charge in [0.25, 0.3) is 0 Å². The summed E-state index contributed by atoms with van der Waals surface area (Å²) in [6.45, 7) is 10.3. The van der Waals surface area contributed by atoms with Crippen molar-refractivity contribution in [1.29, 1.82) is 0 Å². The zero-order chi connectivity index (χ0) is 16.9. The van der Waals surface area contributed by atoms with E-state index >= 15 is 0 Å². The van der Waals surface area contributed by atoms with Crippen molar-refractivity contribution in [1.82, 2.24) is 0 Å². The van der Waals surface area contributed by atoms with Gasteiger partial charge in [-0.3, -0.25) is 0 Å². The second kappa shape index (κ2) is 7.76. The summed E-state index contributed by atoms with van der Waals surface area (Å²) in [6, 6.07) is 3.03. The first-order valence-electron chi connectivity index (χ1n) is 8.73. The van der Waals surface area contributed by atoms with Gasteiger partial charge in [-0.2, -0.15) is 0 Å². The minimum Gasteiger partial charge on any atom is -0.334 e. The van der Waals surface area contributed by atoms with E-state index in [1.54, 1.807) is 0 Å². The molecule has 0 radical (unpaired) electrons. The number of quaternary nitrogens is 2. The summed E-state index contributed by atoms with van der Waals surface area (Å²) in [7, 11) is 12.1. The molecule has 0 aromatic heterocycles. The highest BCUT2D eigenvalue weighted by atomic mass is 28.3. The van der Waals surface area contributed by atoms with Crippen LogP contribution in [0, 0.1) is 0 Å². The summed E-state index contributed by atoms with van der Waals surface area (Å²) in [5.41, 5.74) is 0. The van der Waals surface area contributed by atoms with Crippen molar-refractivity contribution in [3.05, 3.63) is 0 Å². The van der Waals surface area contributed by atoms with Gasteiger partial charge in [-0.15, -0.1) is 0 Å². The van der Waals surface area contributed by atoms with Crippen LogP contribution in [0.15, 0.2) is 0 Å². The Morgan fingerprint density at radius 1 is 0.524 bits per heavy atom. The number of rotatable bonds is 10. The Bertz CT molecular complexity index is 269. The topological polar surface area (TPSA) is 0 Å². The van der Waals surface area contributed by atoms with E-state index in [-0.39, 0.29) is 0 Å². The van der Waals surface area contributed by atoms with Gasteiger partial charge in [0.05, 0.1) is 54.6 Å².